The molecule has 0 bridgehead atoms. The predicted molar refractivity (Wildman–Crippen MR) is 91.8 cm³/mol. The number of halogens is 1. The van der Waals surface area contributed by atoms with Crippen molar-refractivity contribution in [2.75, 3.05) is 18.4 Å². The summed E-state index contributed by atoms with van der Waals surface area (Å²) in [5.74, 6) is 0.342. The minimum Gasteiger partial charge on any atom is -0.490 e. The number of nitrogens with zero attached hydrogens (tertiary/aromatic N) is 2. The highest BCUT2D eigenvalue weighted by molar-refractivity contribution is 5.89. The highest BCUT2D eigenvalue weighted by Gasteiger charge is 2.24. The summed E-state index contributed by atoms with van der Waals surface area (Å²) in [6, 6.07) is 14.7. The van der Waals surface area contributed by atoms with E-state index in [1.54, 1.807) is 41.3 Å². The van der Waals surface area contributed by atoms with Gasteiger partial charge in [0.2, 0.25) is 0 Å². The minimum atomic E-state index is -0.382. The quantitative estimate of drug-likeness (QED) is 0.926. The van der Waals surface area contributed by atoms with Gasteiger partial charge < -0.3 is 15.0 Å². The zero-order chi connectivity index (χ0) is 17.6. The van der Waals surface area contributed by atoms with Crippen LogP contribution in [0.15, 0.2) is 48.5 Å². The maximum absolute atomic E-state index is 13.2. The zero-order valence-electron chi connectivity index (χ0n) is 13.6. The molecular weight excluding hydrogens is 321 g/mol. The van der Waals surface area contributed by atoms with Gasteiger partial charge in [0.25, 0.3) is 0 Å². The Morgan fingerprint density at radius 1 is 1.20 bits per heavy atom. The number of urea groups is 1. The third-order valence-corrected chi connectivity index (χ3v) is 4.09. The Hall–Kier alpha value is -3.07. The van der Waals surface area contributed by atoms with Crippen molar-refractivity contribution in [3.05, 3.63) is 59.9 Å². The van der Waals surface area contributed by atoms with Crippen molar-refractivity contribution in [1.29, 1.82) is 5.26 Å². The van der Waals surface area contributed by atoms with Gasteiger partial charge in [-0.1, -0.05) is 6.07 Å². The summed E-state index contributed by atoms with van der Waals surface area (Å²) in [5, 5.41) is 11.5. The molecule has 3 rings (SSSR count). The first kappa shape index (κ1) is 16.8. The Kier molecular flexibility index (Phi) is 5.14. The van der Waals surface area contributed by atoms with E-state index in [1.807, 2.05) is 0 Å². The van der Waals surface area contributed by atoms with Gasteiger partial charge in [0.15, 0.2) is 0 Å². The number of anilines is 1. The van der Waals surface area contributed by atoms with Gasteiger partial charge >= 0.3 is 6.03 Å². The van der Waals surface area contributed by atoms with Gasteiger partial charge in [-0.2, -0.15) is 5.26 Å². The molecule has 1 N–H and O–H groups in total. The van der Waals surface area contributed by atoms with Crippen LogP contribution in [0.3, 0.4) is 0 Å². The Balaban J connectivity index is 1.49. The largest absolute Gasteiger partial charge is 0.490 e. The molecule has 1 aliphatic rings. The number of carbonyl (C=O) groups is 1. The van der Waals surface area contributed by atoms with Gasteiger partial charge in [-0.25, -0.2) is 9.18 Å². The van der Waals surface area contributed by atoms with Gasteiger partial charge in [-0.15, -0.1) is 0 Å². The maximum atomic E-state index is 13.2. The summed E-state index contributed by atoms with van der Waals surface area (Å²) in [5.41, 5.74) is 1.04. The minimum absolute atomic E-state index is 0.0335. The summed E-state index contributed by atoms with van der Waals surface area (Å²) in [7, 11) is 0. The molecule has 0 saturated carbocycles. The molecule has 5 nitrogen and oxygen atoms in total. The average molecular weight is 339 g/mol. The number of rotatable bonds is 3. The Morgan fingerprint density at radius 2 is 1.92 bits per heavy atom. The van der Waals surface area contributed by atoms with E-state index in [1.165, 1.54) is 12.1 Å². The van der Waals surface area contributed by atoms with Crippen molar-refractivity contribution in [3.63, 3.8) is 0 Å². The molecule has 2 aromatic carbocycles. The molecule has 1 fully saturated rings. The first-order valence-corrected chi connectivity index (χ1v) is 8.12. The van der Waals surface area contributed by atoms with Crippen LogP contribution in [0.1, 0.15) is 18.4 Å². The molecule has 128 valence electrons. The third kappa shape index (κ3) is 4.48. The molecule has 1 aliphatic heterocycles. The highest BCUT2D eigenvalue weighted by atomic mass is 19.1. The lowest BCUT2D eigenvalue weighted by Gasteiger charge is -2.32. The van der Waals surface area contributed by atoms with Crippen molar-refractivity contribution in [2.24, 2.45) is 0 Å². The highest BCUT2D eigenvalue weighted by Crippen LogP contribution is 2.20. The smallest absolute Gasteiger partial charge is 0.321 e. The van der Waals surface area contributed by atoms with Crippen LogP contribution in [0.2, 0.25) is 0 Å². The fraction of sp³-hybridized carbons (Fsp3) is 0.263. The Bertz CT molecular complexity index is 778. The molecule has 2 amide bonds. The number of likely N-dealkylation sites (tertiary alicyclic amines) is 1. The Labute approximate surface area is 145 Å². The number of benzene rings is 2. The van der Waals surface area contributed by atoms with Gasteiger partial charge in [0, 0.05) is 31.6 Å². The second-order valence-electron chi connectivity index (χ2n) is 5.88. The first-order chi connectivity index (χ1) is 12.1. The lowest BCUT2D eigenvalue weighted by molar-refractivity contribution is 0.115. The molecule has 0 radical (unpaired) electrons. The van der Waals surface area contributed by atoms with Crippen molar-refractivity contribution in [1.82, 2.24) is 4.90 Å². The van der Waals surface area contributed by atoms with Gasteiger partial charge in [-0.3, -0.25) is 0 Å². The van der Waals surface area contributed by atoms with Crippen molar-refractivity contribution < 1.29 is 13.9 Å². The molecule has 0 aromatic heterocycles. The first-order valence-electron chi connectivity index (χ1n) is 8.12. The van der Waals surface area contributed by atoms with Crippen molar-refractivity contribution in [2.45, 2.75) is 18.9 Å². The molecule has 1 saturated heterocycles. The van der Waals surface area contributed by atoms with E-state index in [9.17, 15) is 9.18 Å². The summed E-state index contributed by atoms with van der Waals surface area (Å²) in [6.07, 6.45) is 1.47. The van der Waals surface area contributed by atoms with Crippen LogP contribution in [-0.4, -0.2) is 30.1 Å². The maximum Gasteiger partial charge on any atom is 0.321 e. The van der Waals surface area contributed by atoms with Crippen LogP contribution in [-0.2, 0) is 0 Å². The fourth-order valence-electron chi connectivity index (χ4n) is 2.75. The van der Waals surface area contributed by atoms with E-state index >= 15 is 0 Å². The monoisotopic (exact) mass is 339 g/mol. The lowest BCUT2D eigenvalue weighted by atomic mass is 10.1. The van der Waals surface area contributed by atoms with E-state index in [0.717, 1.165) is 18.6 Å². The molecule has 0 atom stereocenters. The molecule has 2 aromatic rings. The van der Waals surface area contributed by atoms with E-state index in [4.69, 9.17) is 10.00 Å². The SMILES string of the molecule is N#Cc1ccc(OC2CCN(C(=O)Nc3cccc(F)c3)CC2)cc1. The van der Waals surface area contributed by atoms with E-state index < -0.39 is 0 Å². The van der Waals surface area contributed by atoms with Crippen LogP contribution >= 0.6 is 0 Å². The molecule has 0 unspecified atom stereocenters. The third-order valence-electron chi connectivity index (χ3n) is 4.09. The standard InChI is InChI=1S/C19H18FN3O2/c20-15-2-1-3-16(12-15)22-19(24)23-10-8-18(9-11-23)25-17-6-4-14(13-21)5-7-17/h1-7,12,18H,8-11H2,(H,22,24). The van der Waals surface area contributed by atoms with Crippen molar-refractivity contribution >= 4 is 11.7 Å². The van der Waals surface area contributed by atoms with Crippen LogP contribution in [0.25, 0.3) is 0 Å². The number of hydrogen-bond acceptors (Lipinski definition) is 3. The average Bonchev–Trinajstić information content (AvgIpc) is 2.63. The number of carbonyl (C=O) groups excluding carboxylic acids is 1. The summed E-state index contributed by atoms with van der Waals surface area (Å²) in [6.45, 7) is 1.14. The predicted octanol–water partition coefficient (Wildman–Crippen LogP) is 3.77. The van der Waals surface area contributed by atoms with Crippen LogP contribution in [0, 0.1) is 17.1 Å². The van der Waals surface area contributed by atoms with Gasteiger partial charge in [-0.05, 0) is 42.5 Å². The molecule has 6 heteroatoms. The van der Waals surface area contributed by atoms with Gasteiger partial charge in [0.1, 0.15) is 17.7 Å². The normalized spacial score (nSPS) is 14.6. The van der Waals surface area contributed by atoms with E-state index in [2.05, 4.69) is 11.4 Å². The number of nitrogens with one attached hydrogen (secondary N) is 1. The zero-order valence-corrected chi connectivity index (χ0v) is 13.6. The molecule has 25 heavy (non-hydrogen) atoms. The second-order valence-corrected chi connectivity index (χ2v) is 5.88. The second kappa shape index (κ2) is 7.67. The number of ether oxygens (including phenoxy) is 1. The molecule has 1 heterocycles. The van der Waals surface area contributed by atoms with Crippen LogP contribution in [0.4, 0.5) is 14.9 Å². The van der Waals surface area contributed by atoms with E-state index in [-0.39, 0.29) is 18.0 Å². The number of piperidine rings is 1. The lowest BCUT2D eigenvalue weighted by Crippen LogP contribution is -2.43. The van der Waals surface area contributed by atoms with Gasteiger partial charge in [0.05, 0.1) is 11.6 Å². The summed E-state index contributed by atoms with van der Waals surface area (Å²) < 4.78 is 19.1. The number of hydrogen-bond donors (Lipinski definition) is 1. The molecular formula is C19H18FN3O2. The molecule has 0 spiro atoms. The topological polar surface area (TPSA) is 65.4 Å². The van der Waals surface area contributed by atoms with Crippen LogP contribution < -0.4 is 10.1 Å². The summed E-state index contributed by atoms with van der Waals surface area (Å²) in [4.78, 5) is 13.9. The number of amides is 2. The Morgan fingerprint density at radius 3 is 2.56 bits per heavy atom. The van der Waals surface area contributed by atoms with Crippen molar-refractivity contribution in [3.8, 4) is 11.8 Å². The fourth-order valence-corrected chi connectivity index (χ4v) is 2.75. The van der Waals surface area contributed by atoms with Crippen LogP contribution in [0.5, 0.6) is 5.75 Å². The summed E-state index contributed by atoms with van der Waals surface area (Å²) >= 11 is 0. The van der Waals surface area contributed by atoms with E-state index in [0.29, 0.717) is 24.3 Å². The number of nitriles is 1. The molecule has 0 aliphatic carbocycles.